The Kier molecular flexibility index (Phi) is 6.95. The summed E-state index contributed by atoms with van der Waals surface area (Å²) in [6.45, 7) is 2.83. The number of fused-ring (bicyclic) bond motifs is 1. The Hall–Kier alpha value is -3.77. The van der Waals surface area contributed by atoms with E-state index in [2.05, 4.69) is 16.0 Å². The third-order valence-corrected chi connectivity index (χ3v) is 6.58. The molecule has 0 N–H and O–H groups in total. The molecular formula is C24H23N5O3S. The van der Waals surface area contributed by atoms with Crippen LogP contribution in [0.3, 0.4) is 0 Å². The first-order valence-electron chi connectivity index (χ1n) is 10.7. The SMILES string of the molecule is CCC(=O)N(c1cccnc1)c1sc2c(c1C#N)CCN(C(=O)OCCc1ccccn1)C2. The van der Waals surface area contributed by atoms with Crippen LogP contribution in [-0.2, 0) is 28.9 Å². The first-order chi connectivity index (χ1) is 16.1. The predicted molar refractivity (Wildman–Crippen MR) is 124 cm³/mol. The third kappa shape index (κ3) is 4.86. The van der Waals surface area contributed by atoms with Crippen LogP contribution in [0.25, 0.3) is 0 Å². The number of ether oxygens (including phenoxy) is 1. The number of pyridine rings is 2. The summed E-state index contributed by atoms with van der Waals surface area (Å²) < 4.78 is 5.45. The zero-order valence-electron chi connectivity index (χ0n) is 18.2. The molecule has 2 amide bonds. The van der Waals surface area contributed by atoms with Crippen LogP contribution in [0.2, 0.25) is 0 Å². The molecule has 168 valence electrons. The molecule has 0 fully saturated rings. The summed E-state index contributed by atoms with van der Waals surface area (Å²) in [5.41, 5.74) is 2.87. The van der Waals surface area contributed by atoms with Gasteiger partial charge >= 0.3 is 6.09 Å². The van der Waals surface area contributed by atoms with Crippen LogP contribution in [0.4, 0.5) is 15.5 Å². The normalized spacial score (nSPS) is 12.5. The quantitative estimate of drug-likeness (QED) is 0.545. The number of nitriles is 1. The molecule has 0 unspecified atom stereocenters. The number of aromatic nitrogens is 2. The first-order valence-corrected chi connectivity index (χ1v) is 11.5. The highest BCUT2D eigenvalue weighted by molar-refractivity contribution is 7.16. The second-order valence-electron chi connectivity index (χ2n) is 7.45. The summed E-state index contributed by atoms with van der Waals surface area (Å²) in [5.74, 6) is -0.121. The molecule has 1 aliphatic rings. The fraction of sp³-hybridized carbons (Fsp3) is 0.292. The molecule has 3 aromatic heterocycles. The molecule has 0 saturated heterocycles. The van der Waals surface area contributed by atoms with Crippen LogP contribution < -0.4 is 4.90 Å². The van der Waals surface area contributed by atoms with E-state index >= 15 is 0 Å². The summed E-state index contributed by atoms with van der Waals surface area (Å²) in [6.07, 6.45) is 5.94. The van der Waals surface area contributed by atoms with Crippen molar-refractivity contribution < 1.29 is 14.3 Å². The molecule has 0 radical (unpaired) electrons. The number of carbonyl (C=O) groups excluding carboxylic acids is 2. The number of hydrogen-bond acceptors (Lipinski definition) is 7. The van der Waals surface area contributed by atoms with Crippen LogP contribution in [0.1, 0.15) is 35.0 Å². The van der Waals surface area contributed by atoms with Gasteiger partial charge < -0.3 is 9.64 Å². The number of amides is 2. The van der Waals surface area contributed by atoms with E-state index in [1.165, 1.54) is 11.3 Å². The highest BCUT2D eigenvalue weighted by atomic mass is 32.1. The largest absolute Gasteiger partial charge is 0.449 e. The van der Waals surface area contributed by atoms with Crippen LogP contribution >= 0.6 is 11.3 Å². The Morgan fingerprint density at radius 1 is 1.27 bits per heavy atom. The molecule has 9 heteroatoms. The smallest absolute Gasteiger partial charge is 0.410 e. The fourth-order valence-corrected chi connectivity index (χ4v) is 5.07. The number of hydrogen-bond donors (Lipinski definition) is 0. The molecule has 3 aromatic rings. The van der Waals surface area contributed by atoms with Crippen molar-refractivity contribution in [3.63, 3.8) is 0 Å². The van der Waals surface area contributed by atoms with E-state index in [4.69, 9.17) is 4.74 Å². The highest BCUT2D eigenvalue weighted by Gasteiger charge is 2.31. The summed E-state index contributed by atoms with van der Waals surface area (Å²) in [4.78, 5) is 37.9. The highest BCUT2D eigenvalue weighted by Crippen LogP contribution is 2.42. The van der Waals surface area contributed by atoms with Gasteiger partial charge in [-0.2, -0.15) is 5.26 Å². The molecule has 33 heavy (non-hydrogen) atoms. The van der Waals surface area contributed by atoms with Gasteiger partial charge in [0.05, 0.1) is 30.6 Å². The van der Waals surface area contributed by atoms with Crippen LogP contribution in [0.5, 0.6) is 0 Å². The van der Waals surface area contributed by atoms with Gasteiger partial charge in [0.15, 0.2) is 0 Å². The molecule has 0 bridgehead atoms. The molecule has 0 aliphatic carbocycles. The first kappa shape index (κ1) is 22.4. The lowest BCUT2D eigenvalue weighted by molar-refractivity contribution is -0.117. The Balaban J connectivity index is 1.52. The van der Waals surface area contributed by atoms with Crippen molar-refractivity contribution in [2.75, 3.05) is 18.1 Å². The lowest BCUT2D eigenvalue weighted by Crippen LogP contribution is -2.36. The van der Waals surface area contributed by atoms with E-state index < -0.39 is 6.09 Å². The van der Waals surface area contributed by atoms with Crippen molar-refractivity contribution in [3.8, 4) is 6.07 Å². The number of nitrogens with zero attached hydrogens (tertiary/aromatic N) is 5. The van der Waals surface area contributed by atoms with Gasteiger partial charge in [-0.1, -0.05) is 13.0 Å². The summed E-state index contributed by atoms with van der Waals surface area (Å²) in [5, 5.41) is 10.5. The van der Waals surface area contributed by atoms with Gasteiger partial charge in [-0.25, -0.2) is 4.79 Å². The average Bonchev–Trinajstić information content (AvgIpc) is 3.22. The van der Waals surface area contributed by atoms with E-state index in [-0.39, 0.29) is 18.9 Å². The Morgan fingerprint density at radius 2 is 2.15 bits per heavy atom. The van der Waals surface area contributed by atoms with Crippen molar-refractivity contribution in [1.29, 1.82) is 5.26 Å². The molecule has 8 nitrogen and oxygen atoms in total. The van der Waals surface area contributed by atoms with Crippen molar-refractivity contribution in [2.24, 2.45) is 0 Å². The molecule has 4 heterocycles. The second kappa shape index (κ2) is 10.2. The molecule has 1 aliphatic heterocycles. The predicted octanol–water partition coefficient (Wildman–Crippen LogP) is 4.22. The molecule has 4 rings (SSSR count). The van der Waals surface area contributed by atoms with Crippen molar-refractivity contribution in [3.05, 3.63) is 70.6 Å². The minimum absolute atomic E-state index is 0.121. The lowest BCUT2D eigenvalue weighted by Gasteiger charge is -2.26. The van der Waals surface area contributed by atoms with E-state index in [0.717, 1.165) is 16.1 Å². The maximum absolute atomic E-state index is 12.8. The zero-order chi connectivity index (χ0) is 23.2. The van der Waals surface area contributed by atoms with Crippen LogP contribution in [0, 0.1) is 11.3 Å². The molecule has 0 aromatic carbocycles. The molecule has 0 saturated carbocycles. The van der Waals surface area contributed by atoms with Gasteiger partial charge in [0, 0.05) is 42.4 Å². The Morgan fingerprint density at radius 3 is 2.85 bits per heavy atom. The number of carbonyl (C=O) groups is 2. The number of rotatable bonds is 6. The average molecular weight is 462 g/mol. The maximum atomic E-state index is 12.8. The third-order valence-electron chi connectivity index (χ3n) is 5.38. The van der Waals surface area contributed by atoms with Crippen molar-refractivity contribution >= 4 is 34.0 Å². The topological polar surface area (TPSA) is 99.4 Å². The molecule has 0 atom stereocenters. The fourth-order valence-electron chi connectivity index (χ4n) is 3.72. The standard InChI is InChI=1S/C24H23N5O3S/c1-2-22(30)29(18-7-5-10-26-15-18)23-20(14-25)19-8-12-28(16-21(19)33-23)24(31)32-13-9-17-6-3-4-11-27-17/h3-7,10-11,15H,2,8-9,12-13,16H2,1H3. The van der Waals surface area contributed by atoms with Crippen molar-refractivity contribution in [1.82, 2.24) is 14.9 Å². The van der Waals surface area contributed by atoms with Gasteiger partial charge in [0.25, 0.3) is 0 Å². The van der Waals surface area contributed by atoms with Gasteiger partial charge in [-0.15, -0.1) is 11.3 Å². The van der Waals surface area contributed by atoms with Crippen LogP contribution in [-0.4, -0.2) is 40.0 Å². The summed E-state index contributed by atoms with van der Waals surface area (Å²) >= 11 is 1.37. The Labute approximate surface area is 196 Å². The lowest BCUT2D eigenvalue weighted by atomic mass is 10.0. The van der Waals surface area contributed by atoms with Crippen LogP contribution in [0.15, 0.2) is 48.9 Å². The number of thiophene rings is 1. The Bertz CT molecular complexity index is 1170. The van der Waals surface area contributed by atoms with E-state index in [1.54, 1.807) is 47.4 Å². The minimum atomic E-state index is -0.390. The minimum Gasteiger partial charge on any atom is -0.449 e. The van der Waals surface area contributed by atoms with Gasteiger partial charge in [-0.05, 0) is 36.2 Å². The molecule has 0 spiro atoms. The van der Waals surface area contributed by atoms with Gasteiger partial charge in [-0.3, -0.25) is 19.7 Å². The van der Waals surface area contributed by atoms with E-state index in [1.807, 2.05) is 18.2 Å². The van der Waals surface area contributed by atoms with Gasteiger partial charge in [0.1, 0.15) is 11.1 Å². The van der Waals surface area contributed by atoms with Crippen molar-refractivity contribution in [2.45, 2.75) is 32.7 Å². The van der Waals surface area contributed by atoms with E-state index in [9.17, 15) is 14.9 Å². The summed E-state index contributed by atoms with van der Waals surface area (Å²) in [6, 6.07) is 11.5. The molecular weight excluding hydrogens is 438 g/mol. The number of anilines is 2. The monoisotopic (exact) mass is 461 g/mol. The summed E-state index contributed by atoms with van der Waals surface area (Å²) in [7, 11) is 0. The van der Waals surface area contributed by atoms with Gasteiger partial charge in [0.2, 0.25) is 5.91 Å². The second-order valence-corrected chi connectivity index (χ2v) is 8.53. The zero-order valence-corrected chi connectivity index (χ0v) is 19.0. The maximum Gasteiger partial charge on any atom is 0.410 e. The van der Waals surface area contributed by atoms with E-state index in [0.29, 0.717) is 42.2 Å².